The van der Waals surface area contributed by atoms with E-state index < -0.39 is 0 Å². The van der Waals surface area contributed by atoms with Crippen LogP contribution in [0.2, 0.25) is 0 Å². The minimum atomic E-state index is -0.00232. The molecule has 2 amide bonds. The Morgan fingerprint density at radius 2 is 1.82 bits per heavy atom. The highest BCUT2D eigenvalue weighted by atomic mass is 16.2. The third kappa shape index (κ3) is 4.76. The van der Waals surface area contributed by atoms with Gasteiger partial charge in [0.1, 0.15) is 0 Å². The summed E-state index contributed by atoms with van der Waals surface area (Å²) in [5.41, 5.74) is 0.940. The van der Waals surface area contributed by atoms with Gasteiger partial charge in [0, 0.05) is 30.7 Å². The molecule has 2 rings (SSSR count). The predicted molar refractivity (Wildman–Crippen MR) is 87.5 cm³/mol. The number of rotatable bonds is 5. The fraction of sp³-hybridized carbons (Fsp3) is 0.529. The van der Waals surface area contributed by atoms with E-state index in [1.54, 1.807) is 0 Å². The van der Waals surface area contributed by atoms with E-state index in [0.29, 0.717) is 0 Å². The number of hydrogen-bond donors (Lipinski definition) is 2. The summed E-state index contributed by atoms with van der Waals surface area (Å²) in [4.78, 5) is 25.8. The topological polar surface area (TPSA) is 61.4 Å². The van der Waals surface area contributed by atoms with Crippen molar-refractivity contribution < 1.29 is 9.59 Å². The highest BCUT2D eigenvalue weighted by Crippen LogP contribution is 2.13. The average molecular weight is 303 g/mol. The summed E-state index contributed by atoms with van der Waals surface area (Å²) >= 11 is 0. The number of nitrogens with one attached hydrogen (secondary N) is 2. The summed E-state index contributed by atoms with van der Waals surface area (Å²) < 4.78 is 0. The number of amides is 2. The van der Waals surface area contributed by atoms with E-state index in [0.717, 1.165) is 31.6 Å². The number of anilines is 1. The molecule has 2 N–H and O–H groups in total. The molecule has 0 bridgehead atoms. The molecule has 1 fully saturated rings. The number of para-hydroxylation sites is 1. The fourth-order valence-electron chi connectivity index (χ4n) is 2.63. The number of likely N-dealkylation sites (tertiary alicyclic amines) is 1. The van der Waals surface area contributed by atoms with Crippen molar-refractivity contribution >= 4 is 17.5 Å². The minimum Gasteiger partial charge on any atom is -0.376 e. The van der Waals surface area contributed by atoms with Gasteiger partial charge in [-0.05, 0) is 25.0 Å². The average Bonchev–Trinajstić information content (AvgIpc) is 2.54. The second kappa shape index (κ2) is 7.82. The van der Waals surface area contributed by atoms with Gasteiger partial charge in [-0.1, -0.05) is 32.0 Å². The molecule has 0 aliphatic carbocycles. The van der Waals surface area contributed by atoms with E-state index in [9.17, 15) is 9.59 Å². The van der Waals surface area contributed by atoms with Crippen molar-refractivity contribution in [3.63, 3.8) is 0 Å². The van der Waals surface area contributed by atoms with Gasteiger partial charge in [-0.2, -0.15) is 0 Å². The smallest absolute Gasteiger partial charge is 0.239 e. The van der Waals surface area contributed by atoms with Gasteiger partial charge >= 0.3 is 0 Å². The van der Waals surface area contributed by atoms with Crippen molar-refractivity contribution in [1.29, 1.82) is 0 Å². The molecule has 0 saturated carbocycles. The molecule has 5 nitrogen and oxygen atoms in total. The molecule has 0 aromatic heterocycles. The molecule has 1 saturated heterocycles. The Kier molecular flexibility index (Phi) is 5.81. The van der Waals surface area contributed by atoms with Crippen LogP contribution in [0, 0.1) is 5.92 Å². The molecule has 120 valence electrons. The third-order valence-corrected chi connectivity index (χ3v) is 3.89. The lowest BCUT2D eigenvalue weighted by atomic mass is 10.0. The first-order chi connectivity index (χ1) is 10.6. The highest BCUT2D eigenvalue weighted by Gasteiger charge is 2.24. The summed E-state index contributed by atoms with van der Waals surface area (Å²) in [6.07, 6.45) is 1.66. The van der Waals surface area contributed by atoms with Gasteiger partial charge in [-0.15, -0.1) is 0 Å². The van der Waals surface area contributed by atoms with Crippen LogP contribution < -0.4 is 10.6 Å². The summed E-state index contributed by atoms with van der Waals surface area (Å²) in [5, 5.41) is 6.14. The first-order valence-corrected chi connectivity index (χ1v) is 7.93. The third-order valence-electron chi connectivity index (χ3n) is 3.89. The van der Waals surface area contributed by atoms with Crippen molar-refractivity contribution in [3.05, 3.63) is 30.3 Å². The Labute approximate surface area is 132 Å². The van der Waals surface area contributed by atoms with Crippen LogP contribution in [0.15, 0.2) is 30.3 Å². The van der Waals surface area contributed by atoms with E-state index in [1.165, 1.54) is 0 Å². The van der Waals surface area contributed by atoms with Crippen LogP contribution in [0.25, 0.3) is 0 Å². The summed E-state index contributed by atoms with van der Waals surface area (Å²) in [6.45, 7) is 5.58. The van der Waals surface area contributed by atoms with Crippen molar-refractivity contribution in [3.8, 4) is 0 Å². The van der Waals surface area contributed by atoms with Gasteiger partial charge in [-0.25, -0.2) is 0 Å². The highest BCUT2D eigenvalue weighted by molar-refractivity contribution is 5.81. The standard InChI is InChI=1S/C17H25N3O2/c1-13(2)17(22)20-10-8-15(9-11-20)19-16(21)12-18-14-6-4-3-5-7-14/h3-7,13,15,18H,8-12H2,1-2H3,(H,19,21). The van der Waals surface area contributed by atoms with Crippen molar-refractivity contribution in [2.45, 2.75) is 32.7 Å². The molecule has 1 aromatic rings. The lowest BCUT2D eigenvalue weighted by Gasteiger charge is -2.33. The zero-order chi connectivity index (χ0) is 15.9. The number of benzene rings is 1. The number of hydrogen-bond acceptors (Lipinski definition) is 3. The minimum absolute atomic E-state index is 0.00232. The van der Waals surface area contributed by atoms with E-state index in [4.69, 9.17) is 0 Å². The molecule has 0 radical (unpaired) electrons. The lowest BCUT2D eigenvalue weighted by molar-refractivity contribution is -0.135. The van der Waals surface area contributed by atoms with Crippen LogP contribution in [-0.4, -0.2) is 42.4 Å². The molecule has 0 atom stereocenters. The van der Waals surface area contributed by atoms with Crippen LogP contribution >= 0.6 is 0 Å². The fourth-order valence-corrected chi connectivity index (χ4v) is 2.63. The maximum atomic E-state index is 12.0. The Balaban J connectivity index is 1.69. The van der Waals surface area contributed by atoms with Crippen LogP contribution in [0.5, 0.6) is 0 Å². The van der Waals surface area contributed by atoms with Crippen molar-refractivity contribution in [1.82, 2.24) is 10.2 Å². The van der Waals surface area contributed by atoms with Gasteiger partial charge in [0.25, 0.3) is 0 Å². The zero-order valence-electron chi connectivity index (χ0n) is 13.3. The monoisotopic (exact) mass is 303 g/mol. The number of piperidine rings is 1. The lowest BCUT2D eigenvalue weighted by Crippen LogP contribution is -2.48. The Morgan fingerprint density at radius 3 is 2.41 bits per heavy atom. The van der Waals surface area contributed by atoms with Gasteiger partial charge in [0.15, 0.2) is 0 Å². The second-order valence-electron chi connectivity index (χ2n) is 6.04. The maximum absolute atomic E-state index is 12.0. The molecular weight excluding hydrogens is 278 g/mol. The summed E-state index contributed by atoms with van der Waals surface area (Å²) in [7, 11) is 0. The Hall–Kier alpha value is -2.04. The second-order valence-corrected chi connectivity index (χ2v) is 6.04. The van der Waals surface area contributed by atoms with Crippen molar-refractivity contribution in [2.24, 2.45) is 5.92 Å². The molecule has 1 heterocycles. The predicted octanol–water partition coefficient (Wildman–Crippen LogP) is 1.86. The largest absolute Gasteiger partial charge is 0.376 e. The molecule has 22 heavy (non-hydrogen) atoms. The molecule has 1 aromatic carbocycles. The van der Waals surface area contributed by atoms with E-state index in [1.807, 2.05) is 49.1 Å². The number of nitrogens with zero attached hydrogens (tertiary/aromatic N) is 1. The summed E-state index contributed by atoms with van der Waals surface area (Å²) in [6, 6.07) is 9.84. The van der Waals surface area contributed by atoms with Crippen LogP contribution in [0.4, 0.5) is 5.69 Å². The Bertz CT molecular complexity index is 494. The summed E-state index contributed by atoms with van der Waals surface area (Å²) in [5.74, 6) is 0.245. The molecule has 0 unspecified atom stereocenters. The number of carbonyl (C=O) groups is 2. The maximum Gasteiger partial charge on any atom is 0.239 e. The van der Waals surface area contributed by atoms with E-state index in [-0.39, 0.29) is 30.3 Å². The first-order valence-electron chi connectivity index (χ1n) is 7.93. The normalized spacial score (nSPS) is 15.7. The van der Waals surface area contributed by atoms with Gasteiger partial charge in [0.2, 0.25) is 11.8 Å². The Morgan fingerprint density at radius 1 is 1.18 bits per heavy atom. The molecule has 0 spiro atoms. The first kappa shape index (κ1) is 16.3. The van der Waals surface area contributed by atoms with Crippen LogP contribution in [-0.2, 0) is 9.59 Å². The van der Waals surface area contributed by atoms with Gasteiger partial charge in [-0.3, -0.25) is 9.59 Å². The van der Waals surface area contributed by atoms with Gasteiger partial charge < -0.3 is 15.5 Å². The van der Waals surface area contributed by atoms with Crippen molar-refractivity contribution in [2.75, 3.05) is 25.0 Å². The molecule has 5 heteroatoms. The quantitative estimate of drug-likeness (QED) is 0.873. The number of carbonyl (C=O) groups excluding carboxylic acids is 2. The zero-order valence-corrected chi connectivity index (χ0v) is 13.3. The SMILES string of the molecule is CC(C)C(=O)N1CCC(NC(=O)CNc2ccccc2)CC1. The van der Waals surface area contributed by atoms with E-state index in [2.05, 4.69) is 10.6 Å². The van der Waals surface area contributed by atoms with Crippen LogP contribution in [0.1, 0.15) is 26.7 Å². The molecule has 1 aliphatic rings. The van der Waals surface area contributed by atoms with E-state index >= 15 is 0 Å². The van der Waals surface area contributed by atoms with Crippen LogP contribution in [0.3, 0.4) is 0 Å². The van der Waals surface area contributed by atoms with Gasteiger partial charge in [0.05, 0.1) is 6.54 Å². The molecular formula is C17H25N3O2. The molecule has 1 aliphatic heterocycles.